The lowest BCUT2D eigenvalue weighted by atomic mass is 9.78. The zero-order valence-corrected chi connectivity index (χ0v) is 13.8. The Morgan fingerprint density at radius 1 is 1.45 bits per heavy atom. The maximum absolute atomic E-state index is 14.0. The number of methoxy groups -OCH3 is 1. The topological polar surface area (TPSA) is 21.3 Å². The summed E-state index contributed by atoms with van der Waals surface area (Å²) < 4.78 is 19.9. The molecule has 0 aliphatic heterocycles. The second-order valence-electron chi connectivity index (χ2n) is 6.01. The highest BCUT2D eigenvalue weighted by molar-refractivity contribution is 9.10. The predicted octanol–water partition coefficient (Wildman–Crippen LogP) is 3.78. The van der Waals surface area contributed by atoms with Gasteiger partial charge in [0.25, 0.3) is 0 Å². The minimum absolute atomic E-state index is 0.108. The first-order chi connectivity index (χ1) is 9.55. The van der Waals surface area contributed by atoms with Crippen LogP contribution >= 0.6 is 15.9 Å². The Hall–Kier alpha value is -0.450. The maximum atomic E-state index is 14.0. The quantitative estimate of drug-likeness (QED) is 0.725. The Morgan fingerprint density at radius 2 is 2.20 bits per heavy atom. The molecular weight excluding hydrogens is 321 g/mol. The van der Waals surface area contributed by atoms with Crippen LogP contribution in [0.2, 0.25) is 0 Å². The van der Waals surface area contributed by atoms with Crippen LogP contribution in [0.15, 0.2) is 22.7 Å². The summed E-state index contributed by atoms with van der Waals surface area (Å²) in [4.78, 5) is 0. The molecule has 1 unspecified atom stereocenters. The third kappa shape index (κ3) is 4.27. The van der Waals surface area contributed by atoms with Gasteiger partial charge in [0.1, 0.15) is 5.82 Å². The van der Waals surface area contributed by atoms with Crippen molar-refractivity contribution in [2.24, 2.45) is 11.3 Å². The van der Waals surface area contributed by atoms with Gasteiger partial charge in [0.2, 0.25) is 0 Å². The van der Waals surface area contributed by atoms with E-state index in [1.54, 1.807) is 13.2 Å². The van der Waals surface area contributed by atoms with Crippen molar-refractivity contribution in [2.45, 2.75) is 26.2 Å². The van der Waals surface area contributed by atoms with Gasteiger partial charge < -0.3 is 10.1 Å². The molecule has 0 heterocycles. The summed E-state index contributed by atoms with van der Waals surface area (Å²) in [6.45, 7) is 4.75. The fourth-order valence-corrected chi connectivity index (χ4v) is 3.11. The van der Waals surface area contributed by atoms with Crippen molar-refractivity contribution in [3.05, 3.63) is 34.1 Å². The van der Waals surface area contributed by atoms with E-state index >= 15 is 0 Å². The van der Waals surface area contributed by atoms with E-state index in [1.165, 1.54) is 12.8 Å². The zero-order chi connectivity index (χ0) is 14.6. The summed E-state index contributed by atoms with van der Waals surface area (Å²) in [5, 5.41) is 3.44. The SMILES string of the molecule is COCCNCC(C)(Cc1ccc(Br)cc1F)C1CC1. The Morgan fingerprint density at radius 3 is 2.80 bits per heavy atom. The van der Waals surface area contributed by atoms with Crippen LogP contribution in [0.25, 0.3) is 0 Å². The van der Waals surface area contributed by atoms with Crippen LogP contribution < -0.4 is 5.32 Å². The van der Waals surface area contributed by atoms with Crippen LogP contribution in [-0.2, 0) is 11.2 Å². The highest BCUT2D eigenvalue weighted by Gasteiger charge is 2.41. The lowest BCUT2D eigenvalue weighted by Gasteiger charge is -2.30. The molecule has 0 radical (unpaired) electrons. The number of halogens is 2. The lowest BCUT2D eigenvalue weighted by Crippen LogP contribution is -2.37. The third-order valence-corrected chi connectivity index (χ3v) is 4.68. The molecule has 1 N–H and O–H groups in total. The van der Waals surface area contributed by atoms with Crippen molar-refractivity contribution in [2.75, 3.05) is 26.8 Å². The van der Waals surface area contributed by atoms with Gasteiger partial charge in [-0.2, -0.15) is 0 Å². The van der Waals surface area contributed by atoms with Crippen LogP contribution in [0.5, 0.6) is 0 Å². The first kappa shape index (κ1) is 15.9. The van der Waals surface area contributed by atoms with Crippen LogP contribution in [0, 0.1) is 17.2 Å². The molecule has 1 atom stereocenters. The molecule has 2 nitrogen and oxygen atoms in total. The first-order valence-corrected chi connectivity index (χ1v) is 7.98. The van der Waals surface area contributed by atoms with Crippen molar-refractivity contribution in [1.29, 1.82) is 0 Å². The molecule has 20 heavy (non-hydrogen) atoms. The van der Waals surface area contributed by atoms with E-state index in [9.17, 15) is 4.39 Å². The van der Waals surface area contributed by atoms with Gasteiger partial charge in [-0.1, -0.05) is 28.9 Å². The smallest absolute Gasteiger partial charge is 0.127 e. The van der Waals surface area contributed by atoms with Crippen molar-refractivity contribution >= 4 is 15.9 Å². The molecule has 1 fully saturated rings. The molecule has 2 rings (SSSR count). The van der Waals surface area contributed by atoms with Gasteiger partial charge in [0.05, 0.1) is 6.61 Å². The normalized spacial score (nSPS) is 18.0. The molecule has 4 heteroatoms. The molecule has 1 aliphatic carbocycles. The van der Waals surface area contributed by atoms with Crippen molar-refractivity contribution in [3.8, 4) is 0 Å². The van der Waals surface area contributed by atoms with Crippen LogP contribution in [0.3, 0.4) is 0 Å². The molecule has 0 spiro atoms. The summed E-state index contributed by atoms with van der Waals surface area (Å²) in [6.07, 6.45) is 3.32. The highest BCUT2D eigenvalue weighted by Crippen LogP contribution is 2.47. The second kappa shape index (κ2) is 7.01. The summed E-state index contributed by atoms with van der Waals surface area (Å²) in [5.41, 5.74) is 0.943. The fraction of sp³-hybridized carbons (Fsp3) is 0.625. The molecule has 0 saturated heterocycles. The molecule has 1 aromatic carbocycles. The molecule has 0 aromatic heterocycles. The van der Waals surface area contributed by atoms with Gasteiger partial charge in [-0.3, -0.25) is 0 Å². The molecule has 1 saturated carbocycles. The van der Waals surface area contributed by atoms with Gasteiger partial charge in [0.15, 0.2) is 0 Å². The minimum Gasteiger partial charge on any atom is -0.383 e. The summed E-state index contributed by atoms with van der Waals surface area (Å²) >= 11 is 3.31. The van der Waals surface area contributed by atoms with E-state index in [0.29, 0.717) is 12.5 Å². The Balaban J connectivity index is 2.00. The standard InChI is InChI=1S/C16H23BrFNO/c1-16(13-4-5-13,11-19-7-8-20-2)10-12-3-6-14(17)9-15(12)18/h3,6,9,13,19H,4-5,7-8,10-11H2,1-2H3. The maximum Gasteiger partial charge on any atom is 0.127 e. The third-order valence-electron chi connectivity index (χ3n) is 4.18. The number of ether oxygens (including phenoxy) is 1. The monoisotopic (exact) mass is 343 g/mol. The number of hydrogen-bond acceptors (Lipinski definition) is 2. The van der Waals surface area contributed by atoms with E-state index < -0.39 is 0 Å². The molecule has 112 valence electrons. The minimum atomic E-state index is -0.108. The van der Waals surface area contributed by atoms with Crippen LogP contribution in [-0.4, -0.2) is 26.8 Å². The predicted molar refractivity (Wildman–Crippen MR) is 83.4 cm³/mol. The molecule has 1 aromatic rings. The highest BCUT2D eigenvalue weighted by atomic mass is 79.9. The Kier molecular flexibility index (Phi) is 5.58. The molecular formula is C16H23BrFNO. The zero-order valence-electron chi connectivity index (χ0n) is 12.2. The van der Waals surface area contributed by atoms with Crippen LogP contribution in [0.1, 0.15) is 25.3 Å². The number of benzene rings is 1. The van der Waals surface area contributed by atoms with Gasteiger partial charge in [0, 0.05) is 24.7 Å². The second-order valence-corrected chi connectivity index (χ2v) is 6.93. The first-order valence-electron chi connectivity index (χ1n) is 7.19. The number of rotatable bonds is 8. The van der Waals surface area contributed by atoms with E-state index in [-0.39, 0.29) is 11.2 Å². The number of hydrogen-bond donors (Lipinski definition) is 1. The van der Waals surface area contributed by atoms with Crippen LogP contribution in [0.4, 0.5) is 4.39 Å². The van der Waals surface area contributed by atoms with Gasteiger partial charge >= 0.3 is 0 Å². The van der Waals surface area contributed by atoms with E-state index in [0.717, 1.165) is 29.5 Å². The summed E-state index contributed by atoms with van der Waals surface area (Å²) in [6, 6.07) is 5.38. The summed E-state index contributed by atoms with van der Waals surface area (Å²) in [5.74, 6) is 0.601. The average molecular weight is 344 g/mol. The van der Waals surface area contributed by atoms with Gasteiger partial charge in [-0.15, -0.1) is 0 Å². The lowest BCUT2D eigenvalue weighted by molar-refractivity contribution is 0.187. The molecule has 0 bridgehead atoms. The van der Waals surface area contributed by atoms with E-state index in [1.807, 2.05) is 12.1 Å². The van der Waals surface area contributed by atoms with Crippen molar-refractivity contribution in [1.82, 2.24) is 5.32 Å². The fourth-order valence-electron chi connectivity index (χ4n) is 2.78. The van der Waals surface area contributed by atoms with E-state index in [4.69, 9.17) is 4.74 Å². The number of nitrogens with one attached hydrogen (secondary N) is 1. The Labute approximate surface area is 129 Å². The largest absolute Gasteiger partial charge is 0.383 e. The Bertz CT molecular complexity index is 450. The van der Waals surface area contributed by atoms with Gasteiger partial charge in [-0.05, 0) is 48.3 Å². The van der Waals surface area contributed by atoms with Crippen molar-refractivity contribution in [3.63, 3.8) is 0 Å². The van der Waals surface area contributed by atoms with Gasteiger partial charge in [-0.25, -0.2) is 4.39 Å². The summed E-state index contributed by atoms with van der Waals surface area (Å²) in [7, 11) is 1.71. The molecule has 1 aliphatic rings. The van der Waals surface area contributed by atoms with E-state index in [2.05, 4.69) is 28.2 Å². The molecule has 0 amide bonds. The van der Waals surface area contributed by atoms with Crippen molar-refractivity contribution < 1.29 is 9.13 Å². The average Bonchev–Trinajstić information content (AvgIpc) is 3.23.